The maximum Gasteiger partial charge on any atom is 0.242 e. The smallest absolute Gasteiger partial charge is 0.242 e. The second kappa shape index (κ2) is 8.05. The zero-order valence-electron chi connectivity index (χ0n) is 14.3. The van der Waals surface area contributed by atoms with Crippen LogP contribution in [-0.4, -0.2) is 24.5 Å². The number of carbonyl (C=O) groups is 1. The van der Waals surface area contributed by atoms with Crippen molar-refractivity contribution in [3.63, 3.8) is 0 Å². The number of aromatic nitrogens is 1. The van der Waals surface area contributed by atoms with Gasteiger partial charge in [-0.3, -0.25) is 15.0 Å². The van der Waals surface area contributed by atoms with E-state index in [4.69, 9.17) is 0 Å². The van der Waals surface area contributed by atoms with Crippen LogP contribution in [0.4, 0.5) is 5.13 Å². The second-order valence-corrected chi connectivity index (χ2v) is 6.78. The molecule has 0 fully saturated rings. The van der Waals surface area contributed by atoms with Gasteiger partial charge in [0.2, 0.25) is 5.91 Å². The third-order valence-corrected chi connectivity index (χ3v) is 4.93. The molecule has 1 N–H and O–H groups in total. The van der Waals surface area contributed by atoms with E-state index in [-0.39, 0.29) is 18.5 Å². The molecule has 5 heteroatoms. The molecule has 3 rings (SSSR count). The fraction of sp³-hybridized carbons (Fsp3) is 0.200. The Morgan fingerprint density at radius 2 is 1.80 bits per heavy atom. The predicted octanol–water partition coefficient (Wildman–Crippen LogP) is 3.79. The Kier molecular flexibility index (Phi) is 5.58. The topological polar surface area (TPSA) is 45.2 Å². The van der Waals surface area contributed by atoms with Crippen LogP contribution in [-0.2, 0) is 4.79 Å². The minimum absolute atomic E-state index is 0.0111. The molecule has 0 aliphatic carbocycles. The normalized spacial score (nSPS) is 11.9. The molecule has 128 valence electrons. The predicted molar refractivity (Wildman–Crippen MR) is 103 cm³/mol. The minimum atomic E-state index is -0.0320. The van der Waals surface area contributed by atoms with Crippen LogP contribution >= 0.6 is 11.3 Å². The number of nitrogens with zero attached hydrogens (tertiary/aromatic N) is 2. The average molecular weight is 351 g/mol. The lowest BCUT2D eigenvalue weighted by atomic mass is 9.98. The molecule has 3 aromatic rings. The highest BCUT2D eigenvalue weighted by atomic mass is 32.1. The highest BCUT2D eigenvalue weighted by Gasteiger charge is 2.18. The summed E-state index contributed by atoms with van der Waals surface area (Å²) in [5, 5.41) is 5.97. The summed E-state index contributed by atoms with van der Waals surface area (Å²) in [5.41, 5.74) is 3.49. The maximum atomic E-state index is 12.5. The zero-order chi connectivity index (χ0) is 17.6. The summed E-state index contributed by atoms with van der Waals surface area (Å²) >= 11 is 1.45. The van der Waals surface area contributed by atoms with E-state index in [9.17, 15) is 4.79 Å². The van der Waals surface area contributed by atoms with Crippen molar-refractivity contribution in [1.29, 1.82) is 0 Å². The molecular weight excluding hydrogens is 330 g/mol. The Morgan fingerprint density at radius 3 is 2.44 bits per heavy atom. The van der Waals surface area contributed by atoms with E-state index in [1.54, 1.807) is 18.1 Å². The first-order valence-electron chi connectivity index (χ1n) is 8.16. The van der Waals surface area contributed by atoms with Crippen LogP contribution < -0.4 is 10.2 Å². The summed E-state index contributed by atoms with van der Waals surface area (Å²) in [6.45, 7) is 2.31. The van der Waals surface area contributed by atoms with Gasteiger partial charge in [0, 0.05) is 18.6 Å². The highest BCUT2D eigenvalue weighted by molar-refractivity contribution is 7.13. The Hall–Kier alpha value is -2.50. The van der Waals surface area contributed by atoms with Gasteiger partial charge in [0.05, 0.1) is 12.6 Å². The number of thiazole rings is 1. The van der Waals surface area contributed by atoms with Crippen LogP contribution in [0.3, 0.4) is 0 Å². The summed E-state index contributed by atoms with van der Waals surface area (Å²) in [4.78, 5) is 18.3. The van der Waals surface area contributed by atoms with Crippen molar-refractivity contribution in [2.75, 3.05) is 18.5 Å². The van der Waals surface area contributed by atoms with Gasteiger partial charge in [0.15, 0.2) is 5.13 Å². The van der Waals surface area contributed by atoms with Gasteiger partial charge in [-0.25, -0.2) is 4.98 Å². The average Bonchev–Trinajstić information content (AvgIpc) is 3.18. The number of carbonyl (C=O) groups excluding carboxylic acids is 1. The second-order valence-electron chi connectivity index (χ2n) is 5.90. The number of hydrogen-bond donors (Lipinski definition) is 1. The van der Waals surface area contributed by atoms with E-state index in [1.165, 1.54) is 16.9 Å². The lowest BCUT2D eigenvalue weighted by Crippen LogP contribution is -2.37. The molecule has 1 aromatic heterocycles. The number of anilines is 1. The van der Waals surface area contributed by atoms with Crippen molar-refractivity contribution >= 4 is 22.4 Å². The third-order valence-electron chi connectivity index (χ3n) is 4.08. The van der Waals surface area contributed by atoms with Crippen LogP contribution in [0.15, 0.2) is 66.2 Å². The molecule has 1 amide bonds. The third kappa shape index (κ3) is 4.32. The lowest BCUT2D eigenvalue weighted by molar-refractivity contribution is -0.117. The largest absolute Gasteiger partial charge is 0.298 e. The monoisotopic (exact) mass is 351 g/mol. The number of likely N-dealkylation sites (N-methyl/N-ethyl adjacent to an activating group) is 1. The molecule has 0 saturated heterocycles. The SMILES string of the molecule is Cc1ccc(C(NCC(=O)N(C)c2nccs2)c2ccccc2)cc1. The van der Waals surface area contributed by atoms with Gasteiger partial charge in [-0.15, -0.1) is 11.3 Å². The van der Waals surface area contributed by atoms with E-state index < -0.39 is 0 Å². The molecule has 2 aromatic carbocycles. The molecule has 0 radical (unpaired) electrons. The molecule has 0 aliphatic rings. The summed E-state index contributed by atoms with van der Waals surface area (Å²) in [7, 11) is 1.76. The number of nitrogens with one attached hydrogen (secondary N) is 1. The Balaban J connectivity index is 1.76. The van der Waals surface area contributed by atoms with Crippen LogP contribution in [0.2, 0.25) is 0 Å². The lowest BCUT2D eigenvalue weighted by Gasteiger charge is -2.21. The molecular formula is C20H21N3OS. The number of hydrogen-bond acceptors (Lipinski definition) is 4. The highest BCUT2D eigenvalue weighted by Crippen LogP contribution is 2.22. The van der Waals surface area contributed by atoms with Gasteiger partial charge < -0.3 is 0 Å². The van der Waals surface area contributed by atoms with Crippen molar-refractivity contribution in [2.24, 2.45) is 0 Å². The fourth-order valence-corrected chi connectivity index (χ4v) is 3.25. The maximum absolute atomic E-state index is 12.5. The van der Waals surface area contributed by atoms with E-state index in [2.05, 4.69) is 53.6 Å². The van der Waals surface area contributed by atoms with Crippen molar-refractivity contribution in [3.05, 3.63) is 82.9 Å². The van der Waals surface area contributed by atoms with E-state index in [1.807, 2.05) is 23.6 Å². The van der Waals surface area contributed by atoms with Crippen molar-refractivity contribution in [1.82, 2.24) is 10.3 Å². The van der Waals surface area contributed by atoms with Gasteiger partial charge in [0.1, 0.15) is 0 Å². The Bertz CT molecular complexity index is 801. The first-order valence-corrected chi connectivity index (χ1v) is 9.04. The first-order chi connectivity index (χ1) is 12.1. The van der Waals surface area contributed by atoms with Gasteiger partial charge in [-0.1, -0.05) is 60.2 Å². The van der Waals surface area contributed by atoms with Crippen LogP contribution in [0, 0.1) is 6.92 Å². The zero-order valence-corrected chi connectivity index (χ0v) is 15.2. The van der Waals surface area contributed by atoms with Crippen LogP contribution in [0.1, 0.15) is 22.7 Å². The molecule has 0 saturated carbocycles. The summed E-state index contributed by atoms with van der Waals surface area (Å²) < 4.78 is 0. The summed E-state index contributed by atoms with van der Waals surface area (Å²) in [6, 6.07) is 18.5. The first kappa shape index (κ1) is 17.3. The minimum Gasteiger partial charge on any atom is -0.298 e. The van der Waals surface area contributed by atoms with Crippen molar-refractivity contribution in [2.45, 2.75) is 13.0 Å². The van der Waals surface area contributed by atoms with Gasteiger partial charge in [-0.05, 0) is 18.1 Å². The Labute approximate surface area is 152 Å². The fourth-order valence-electron chi connectivity index (χ4n) is 2.63. The number of benzene rings is 2. The van der Waals surface area contributed by atoms with E-state index in [0.717, 1.165) is 11.1 Å². The van der Waals surface area contributed by atoms with E-state index in [0.29, 0.717) is 5.13 Å². The van der Waals surface area contributed by atoms with Gasteiger partial charge in [-0.2, -0.15) is 0 Å². The number of aryl methyl sites for hydroxylation is 1. The van der Waals surface area contributed by atoms with Crippen molar-refractivity contribution < 1.29 is 4.79 Å². The Morgan fingerprint density at radius 1 is 1.12 bits per heavy atom. The molecule has 4 nitrogen and oxygen atoms in total. The number of amides is 1. The summed E-state index contributed by atoms with van der Waals surface area (Å²) in [6.07, 6.45) is 1.70. The molecule has 25 heavy (non-hydrogen) atoms. The molecule has 1 unspecified atom stereocenters. The van der Waals surface area contributed by atoms with E-state index >= 15 is 0 Å². The molecule has 1 heterocycles. The summed E-state index contributed by atoms with van der Waals surface area (Å²) in [5.74, 6) is -0.0111. The van der Waals surface area contributed by atoms with Crippen LogP contribution in [0.5, 0.6) is 0 Å². The molecule has 0 aliphatic heterocycles. The standard InChI is InChI=1S/C20H21N3OS/c1-15-8-10-17(11-9-15)19(16-6-4-3-5-7-16)22-14-18(24)23(2)20-21-12-13-25-20/h3-13,19,22H,14H2,1-2H3. The van der Waals surface area contributed by atoms with Gasteiger partial charge >= 0.3 is 0 Å². The molecule has 0 bridgehead atoms. The quantitative estimate of drug-likeness (QED) is 0.735. The van der Waals surface area contributed by atoms with Crippen molar-refractivity contribution in [3.8, 4) is 0 Å². The molecule has 1 atom stereocenters. The molecule has 0 spiro atoms. The number of rotatable bonds is 6. The van der Waals surface area contributed by atoms with Gasteiger partial charge in [0.25, 0.3) is 0 Å². The van der Waals surface area contributed by atoms with Crippen LogP contribution in [0.25, 0.3) is 0 Å².